The number of anilines is 2. The smallest absolute Gasteiger partial charge is 0.231 e. The van der Waals surface area contributed by atoms with E-state index in [1.165, 1.54) is 44.1 Å². The molecule has 5 nitrogen and oxygen atoms in total. The van der Waals surface area contributed by atoms with Crippen LogP contribution in [0.15, 0.2) is 30.3 Å². The van der Waals surface area contributed by atoms with Crippen LogP contribution in [0.4, 0.5) is 11.8 Å². The Morgan fingerprint density at radius 1 is 1.12 bits per heavy atom. The summed E-state index contributed by atoms with van der Waals surface area (Å²) in [5.41, 5.74) is 2.37. The van der Waals surface area contributed by atoms with Crippen molar-refractivity contribution in [1.29, 1.82) is 0 Å². The minimum absolute atomic E-state index is 0.0798. The summed E-state index contributed by atoms with van der Waals surface area (Å²) in [6.45, 7) is 6.13. The van der Waals surface area contributed by atoms with Crippen LogP contribution < -0.4 is 15.5 Å². The van der Waals surface area contributed by atoms with Gasteiger partial charge in [-0.1, -0.05) is 43.0 Å². The van der Waals surface area contributed by atoms with Crippen molar-refractivity contribution < 1.29 is 0 Å². The number of halogens is 1. The lowest BCUT2D eigenvalue weighted by Crippen LogP contribution is -2.43. The third-order valence-electron chi connectivity index (χ3n) is 7.02. The van der Waals surface area contributed by atoms with Crippen LogP contribution in [0.25, 0.3) is 0 Å². The SMILES string of the molecule is Cc1cc(N2CCCC[C@@H]2C)nc(NC(=S)NCC2(c3ccc(Cl)cc3)CCCCC2)n1. The molecule has 0 radical (unpaired) electrons. The number of hydrogen-bond acceptors (Lipinski definition) is 4. The first-order chi connectivity index (χ1) is 15.4. The van der Waals surface area contributed by atoms with E-state index in [4.69, 9.17) is 28.8 Å². The highest BCUT2D eigenvalue weighted by Crippen LogP contribution is 2.39. The van der Waals surface area contributed by atoms with Crippen molar-refractivity contribution in [1.82, 2.24) is 15.3 Å². The minimum atomic E-state index is 0.0798. The first-order valence-electron chi connectivity index (χ1n) is 11.9. The van der Waals surface area contributed by atoms with Gasteiger partial charge < -0.3 is 15.5 Å². The zero-order valence-electron chi connectivity index (χ0n) is 19.2. The van der Waals surface area contributed by atoms with E-state index in [2.05, 4.69) is 45.6 Å². The molecule has 2 heterocycles. The lowest BCUT2D eigenvalue weighted by Gasteiger charge is -2.38. The lowest BCUT2D eigenvalue weighted by atomic mass is 9.69. The Balaban J connectivity index is 1.44. The Labute approximate surface area is 202 Å². The molecule has 4 rings (SSSR count). The number of thiocarbonyl (C=S) groups is 1. The number of nitrogens with one attached hydrogen (secondary N) is 2. The molecule has 1 aromatic carbocycles. The van der Waals surface area contributed by atoms with Crippen LogP contribution >= 0.6 is 23.8 Å². The minimum Gasteiger partial charge on any atom is -0.361 e. The molecule has 1 aliphatic carbocycles. The van der Waals surface area contributed by atoms with Gasteiger partial charge in [-0.25, -0.2) is 4.98 Å². The summed E-state index contributed by atoms with van der Waals surface area (Å²) in [6.07, 6.45) is 9.79. The number of benzene rings is 1. The van der Waals surface area contributed by atoms with Crippen LogP contribution in [-0.4, -0.2) is 34.2 Å². The molecule has 1 saturated heterocycles. The number of hydrogen-bond donors (Lipinski definition) is 2. The van der Waals surface area contributed by atoms with Crippen molar-refractivity contribution in [3.63, 3.8) is 0 Å². The fraction of sp³-hybridized carbons (Fsp3) is 0.560. The molecule has 32 heavy (non-hydrogen) atoms. The highest BCUT2D eigenvalue weighted by molar-refractivity contribution is 7.80. The zero-order valence-corrected chi connectivity index (χ0v) is 20.7. The van der Waals surface area contributed by atoms with Gasteiger partial charge in [0.25, 0.3) is 0 Å². The van der Waals surface area contributed by atoms with Gasteiger partial charge in [0.15, 0.2) is 5.11 Å². The maximum Gasteiger partial charge on any atom is 0.231 e. The Morgan fingerprint density at radius 3 is 2.59 bits per heavy atom. The van der Waals surface area contributed by atoms with Crippen LogP contribution in [0, 0.1) is 6.92 Å². The maximum atomic E-state index is 6.14. The van der Waals surface area contributed by atoms with Crippen LogP contribution in [-0.2, 0) is 5.41 Å². The number of aryl methyl sites for hydroxylation is 1. The van der Waals surface area contributed by atoms with E-state index in [0.29, 0.717) is 17.1 Å². The van der Waals surface area contributed by atoms with Crippen LogP contribution in [0.5, 0.6) is 0 Å². The van der Waals surface area contributed by atoms with Crippen molar-refractivity contribution in [3.8, 4) is 0 Å². The van der Waals surface area contributed by atoms with E-state index in [1.54, 1.807) is 0 Å². The molecule has 2 aromatic rings. The molecule has 7 heteroatoms. The van der Waals surface area contributed by atoms with E-state index in [9.17, 15) is 0 Å². The van der Waals surface area contributed by atoms with Gasteiger partial charge in [-0.15, -0.1) is 0 Å². The van der Waals surface area contributed by atoms with Gasteiger partial charge >= 0.3 is 0 Å². The zero-order chi connectivity index (χ0) is 22.6. The van der Waals surface area contributed by atoms with Crippen LogP contribution in [0.3, 0.4) is 0 Å². The molecule has 1 saturated carbocycles. The van der Waals surface area contributed by atoms with Crippen molar-refractivity contribution in [2.75, 3.05) is 23.3 Å². The molecule has 1 atom stereocenters. The van der Waals surface area contributed by atoms with Gasteiger partial charge in [0.05, 0.1) is 0 Å². The Morgan fingerprint density at radius 2 is 1.88 bits per heavy atom. The van der Waals surface area contributed by atoms with Gasteiger partial charge in [0, 0.05) is 41.3 Å². The normalized spacial score (nSPS) is 20.6. The molecule has 2 N–H and O–H groups in total. The highest BCUT2D eigenvalue weighted by Gasteiger charge is 2.34. The van der Waals surface area contributed by atoms with Gasteiger partial charge in [-0.3, -0.25) is 0 Å². The predicted molar refractivity (Wildman–Crippen MR) is 138 cm³/mol. The summed E-state index contributed by atoms with van der Waals surface area (Å²) < 4.78 is 0. The number of nitrogens with zero attached hydrogens (tertiary/aromatic N) is 3. The molecule has 2 aliphatic rings. The molecule has 0 spiro atoms. The van der Waals surface area contributed by atoms with Crippen molar-refractivity contribution in [2.24, 2.45) is 0 Å². The average Bonchev–Trinajstić information content (AvgIpc) is 2.79. The molecule has 172 valence electrons. The van der Waals surface area contributed by atoms with Gasteiger partial charge in [-0.2, -0.15) is 4.98 Å². The fourth-order valence-corrected chi connectivity index (χ4v) is 5.48. The van der Waals surface area contributed by atoms with E-state index < -0.39 is 0 Å². The number of rotatable bonds is 5. The summed E-state index contributed by atoms with van der Waals surface area (Å²) in [5.74, 6) is 1.55. The Kier molecular flexibility index (Phi) is 7.51. The van der Waals surface area contributed by atoms with E-state index in [0.717, 1.165) is 42.5 Å². The van der Waals surface area contributed by atoms with Crippen molar-refractivity contribution in [2.45, 2.75) is 76.7 Å². The summed E-state index contributed by atoms with van der Waals surface area (Å²) in [7, 11) is 0. The first kappa shape index (κ1) is 23.2. The Bertz CT molecular complexity index is 926. The first-order valence-corrected chi connectivity index (χ1v) is 12.7. The second-order valence-corrected chi connectivity index (χ2v) is 10.2. The largest absolute Gasteiger partial charge is 0.361 e. The molecule has 1 aliphatic heterocycles. The molecular formula is C25H34ClN5S. The van der Waals surface area contributed by atoms with E-state index in [-0.39, 0.29) is 5.41 Å². The lowest BCUT2D eigenvalue weighted by molar-refractivity contribution is 0.292. The second-order valence-electron chi connectivity index (χ2n) is 9.38. The van der Waals surface area contributed by atoms with Crippen molar-refractivity contribution >= 4 is 40.7 Å². The van der Waals surface area contributed by atoms with E-state index >= 15 is 0 Å². The molecule has 0 unspecified atom stereocenters. The fourth-order valence-electron chi connectivity index (χ4n) is 5.19. The molecule has 2 fully saturated rings. The van der Waals surface area contributed by atoms with E-state index in [1.807, 2.05) is 19.1 Å². The third-order valence-corrected chi connectivity index (χ3v) is 7.52. The average molecular weight is 472 g/mol. The summed E-state index contributed by atoms with van der Waals surface area (Å²) in [6, 6.07) is 10.9. The second kappa shape index (κ2) is 10.3. The molecular weight excluding hydrogens is 438 g/mol. The number of aromatic nitrogens is 2. The molecule has 0 bridgehead atoms. The third kappa shape index (κ3) is 5.52. The highest BCUT2D eigenvalue weighted by atomic mass is 35.5. The quantitative estimate of drug-likeness (QED) is 0.521. The van der Waals surface area contributed by atoms with Crippen LogP contribution in [0.2, 0.25) is 5.02 Å². The standard InChI is InChI=1S/C25H34ClN5S/c1-18-16-22(31-15-7-4-8-19(31)2)29-23(28-18)30-24(32)27-17-25(13-5-3-6-14-25)20-9-11-21(26)12-10-20/h9-12,16,19H,3-8,13-15,17H2,1-2H3,(H2,27,28,29,30,32)/t19-/m0/s1. The van der Waals surface area contributed by atoms with Gasteiger partial charge in [0.2, 0.25) is 5.95 Å². The maximum absolute atomic E-state index is 6.14. The summed E-state index contributed by atoms with van der Waals surface area (Å²) in [4.78, 5) is 11.8. The monoisotopic (exact) mass is 471 g/mol. The van der Waals surface area contributed by atoms with Crippen molar-refractivity contribution in [3.05, 3.63) is 46.6 Å². The predicted octanol–water partition coefficient (Wildman–Crippen LogP) is 6.01. The summed E-state index contributed by atoms with van der Waals surface area (Å²) in [5, 5.41) is 8.07. The van der Waals surface area contributed by atoms with Gasteiger partial charge in [0.1, 0.15) is 5.82 Å². The topological polar surface area (TPSA) is 53.1 Å². The van der Waals surface area contributed by atoms with Crippen LogP contribution in [0.1, 0.15) is 69.5 Å². The summed E-state index contributed by atoms with van der Waals surface area (Å²) >= 11 is 11.8. The number of piperidine rings is 1. The Hall–Kier alpha value is -1.92. The van der Waals surface area contributed by atoms with Gasteiger partial charge in [-0.05, 0) is 75.9 Å². The molecule has 0 amide bonds. The molecule has 1 aromatic heterocycles.